The van der Waals surface area contributed by atoms with Gasteiger partial charge in [-0.05, 0) is 31.5 Å². The standard InChI is InChI=1S/C14H16BrN5/c1-9(2)18-14-12(7-16)13(17)20(19-14)8-10-3-5-11(15)6-4-10/h3-6,9H,8,17H2,1-2H3,(H,18,19). The van der Waals surface area contributed by atoms with E-state index in [4.69, 9.17) is 5.73 Å². The van der Waals surface area contributed by atoms with Crippen LogP contribution in [0.25, 0.3) is 0 Å². The average Bonchev–Trinajstić information content (AvgIpc) is 2.67. The van der Waals surface area contributed by atoms with Crippen molar-refractivity contribution in [3.63, 3.8) is 0 Å². The summed E-state index contributed by atoms with van der Waals surface area (Å²) in [5, 5.41) is 16.7. The lowest BCUT2D eigenvalue weighted by molar-refractivity contribution is 0.695. The van der Waals surface area contributed by atoms with Gasteiger partial charge in [-0.1, -0.05) is 28.1 Å². The minimum absolute atomic E-state index is 0.192. The molecule has 1 heterocycles. The topological polar surface area (TPSA) is 79.7 Å². The predicted octanol–water partition coefficient (Wildman–Crippen LogP) is 2.97. The highest BCUT2D eigenvalue weighted by atomic mass is 79.9. The first-order valence-corrected chi connectivity index (χ1v) is 7.08. The summed E-state index contributed by atoms with van der Waals surface area (Å²) in [5.41, 5.74) is 7.47. The van der Waals surface area contributed by atoms with Gasteiger partial charge in [0.15, 0.2) is 5.82 Å². The van der Waals surface area contributed by atoms with Gasteiger partial charge in [0.05, 0.1) is 6.54 Å². The Bertz CT molecular complexity index is 637. The van der Waals surface area contributed by atoms with Gasteiger partial charge < -0.3 is 11.1 Å². The fourth-order valence-corrected chi connectivity index (χ4v) is 2.11. The van der Waals surface area contributed by atoms with Crippen LogP contribution in [0.1, 0.15) is 25.0 Å². The highest BCUT2D eigenvalue weighted by Gasteiger charge is 2.16. The highest BCUT2D eigenvalue weighted by Crippen LogP contribution is 2.22. The van der Waals surface area contributed by atoms with E-state index in [1.807, 2.05) is 38.1 Å². The molecule has 0 saturated heterocycles. The smallest absolute Gasteiger partial charge is 0.168 e. The Morgan fingerprint density at radius 1 is 1.40 bits per heavy atom. The molecule has 0 aliphatic carbocycles. The minimum atomic E-state index is 0.192. The lowest BCUT2D eigenvalue weighted by atomic mass is 10.2. The van der Waals surface area contributed by atoms with Crippen molar-refractivity contribution in [1.82, 2.24) is 9.78 Å². The molecule has 1 aromatic heterocycles. The van der Waals surface area contributed by atoms with Gasteiger partial charge in [0.2, 0.25) is 0 Å². The molecule has 0 aliphatic heterocycles. The monoisotopic (exact) mass is 333 g/mol. The number of nitrogen functional groups attached to an aromatic ring is 1. The summed E-state index contributed by atoms with van der Waals surface area (Å²) in [4.78, 5) is 0. The number of aromatic nitrogens is 2. The van der Waals surface area contributed by atoms with Crippen LogP contribution in [0.2, 0.25) is 0 Å². The fourth-order valence-electron chi connectivity index (χ4n) is 1.84. The van der Waals surface area contributed by atoms with Crippen LogP contribution in [-0.4, -0.2) is 15.8 Å². The number of hydrogen-bond acceptors (Lipinski definition) is 4. The summed E-state index contributed by atoms with van der Waals surface area (Å²) in [6.45, 7) is 4.52. The van der Waals surface area contributed by atoms with Crippen molar-refractivity contribution >= 4 is 27.6 Å². The van der Waals surface area contributed by atoms with Crippen molar-refractivity contribution < 1.29 is 0 Å². The quantitative estimate of drug-likeness (QED) is 0.901. The molecule has 0 spiro atoms. The third kappa shape index (κ3) is 3.11. The van der Waals surface area contributed by atoms with Crippen LogP contribution in [0.3, 0.4) is 0 Å². The van der Waals surface area contributed by atoms with Crippen molar-refractivity contribution in [3.8, 4) is 6.07 Å². The van der Waals surface area contributed by atoms with Crippen molar-refractivity contribution in [2.24, 2.45) is 0 Å². The summed E-state index contributed by atoms with van der Waals surface area (Å²) in [6.07, 6.45) is 0. The summed E-state index contributed by atoms with van der Waals surface area (Å²) in [5.74, 6) is 0.927. The molecule has 20 heavy (non-hydrogen) atoms. The van der Waals surface area contributed by atoms with Gasteiger partial charge in [0.25, 0.3) is 0 Å². The van der Waals surface area contributed by atoms with Crippen molar-refractivity contribution in [3.05, 3.63) is 39.9 Å². The number of rotatable bonds is 4. The van der Waals surface area contributed by atoms with E-state index >= 15 is 0 Å². The zero-order valence-electron chi connectivity index (χ0n) is 11.4. The van der Waals surface area contributed by atoms with Gasteiger partial charge >= 0.3 is 0 Å². The SMILES string of the molecule is CC(C)Nc1nn(Cc2ccc(Br)cc2)c(N)c1C#N. The van der Waals surface area contributed by atoms with E-state index in [0.717, 1.165) is 10.0 Å². The molecule has 0 radical (unpaired) electrons. The molecule has 5 nitrogen and oxygen atoms in total. The molecule has 0 aliphatic rings. The molecule has 0 bridgehead atoms. The Morgan fingerprint density at radius 3 is 2.60 bits per heavy atom. The molecule has 0 amide bonds. The maximum absolute atomic E-state index is 9.20. The van der Waals surface area contributed by atoms with E-state index in [1.54, 1.807) is 4.68 Å². The Balaban J connectivity index is 2.30. The molecule has 2 aromatic rings. The van der Waals surface area contributed by atoms with Gasteiger partial charge in [-0.2, -0.15) is 10.4 Å². The van der Waals surface area contributed by atoms with Crippen LogP contribution < -0.4 is 11.1 Å². The van der Waals surface area contributed by atoms with Gasteiger partial charge in [-0.15, -0.1) is 0 Å². The van der Waals surface area contributed by atoms with Crippen molar-refractivity contribution in [1.29, 1.82) is 5.26 Å². The zero-order valence-corrected chi connectivity index (χ0v) is 13.0. The number of nitriles is 1. The molecule has 0 atom stereocenters. The van der Waals surface area contributed by atoms with E-state index in [0.29, 0.717) is 23.7 Å². The molecule has 104 valence electrons. The summed E-state index contributed by atoms with van der Waals surface area (Å²) >= 11 is 3.40. The minimum Gasteiger partial charge on any atom is -0.383 e. The Kier molecular flexibility index (Phi) is 4.30. The number of nitrogens with one attached hydrogen (secondary N) is 1. The van der Waals surface area contributed by atoms with E-state index in [2.05, 4.69) is 32.4 Å². The normalized spacial score (nSPS) is 10.6. The van der Waals surface area contributed by atoms with Crippen LogP contribution in [0.5, 0.6) is 0 Å². The molecule has 0 unspecified atom stereocenters. The maximum atomic E-state index is 9.20. The Hall–Kier alpha value is -2.00. The lowest BCUT2D eigenvalue weighted by Gasteiger charge is -2.06. The molecular formula is C14H16BrN5. The zero-order chi connectivity index (χ0) is 14.7. The van der Waals surface area contributed by atoms with E-state index < -0.39 is 0 Å². The first-order chi connectivity index (χ1) is 9.51. The number of nitrogens with two attached hydrogens (primary N) is 1. The number of nitrogens with zero attached hydrogens (tertiary/aromatic N) is 3. The van der Waals surface area contributed by atoms with Crippen LogP contribution >= 0.6 is 15.9 Å². The van der Waals surface area contributed by atoms with Gasteiger partial charge in [-0.3, -0.25) is 0 Å². The van der Waals surface area contributed by atoms with Gasteiger partial charge in [-0.25, -0.2) is 4.68 Å². The highest BCUT2D eigenvalue weighted by molar-refractivity contribution is 9.10. The second-order valence-electron chi connectivity index (χ2n) is 4.80. The van der Waals surface area contributed by atoms with Gasteiger partial charge in [0, 0.05) is 10.5 Å². The molecule has 1 aromatic carbocycles. The molecule has 3 N–H and O–H groups in total. The van der Waals surface area contributed by atoms with Crippen molar-refractivity contribution in [2.45, 2.75) is 26.4 Å². The Morgan fingerprint density at radius 2 is 2.05 bits per heavy atom. The Labute approximate surface area is 126 Å². The second-order valence-corrected chi connectivity index (χ2v) is 5.72. The second kappa shape index (κ2) is 5.97. The van der Waals surface area contributed by atoms with Crippen LogP contribution in [0.15, 0.2) is 28.7 Å². The third-order valence-corrected chi connectivity index (χ3v) is 3.30. The molecular weight excluding hydrogens is 318 g/mol. The van der Waals surface area contributed by atoms with E-state index in [9.17, 15) is 5.26 Å². The largest absolute Gasteiger partial charge is 0.383 e. The summed E-state index contributed by atoms with van der Waals surface area (Å²) in [6, 6.07) is 10.2. The van der Waals surface area contributed by atoms with Crippen molar-refractivity contribution in [2.75, 3.05) is 11.1 Å². The molecule has 6 heteroatoms. The van der Waals surface area contributed by atoms with E-state index in [1.165, 1.54) is 0 Å². The predicted molar refractivity (Wildman–Crippen MR) is 83.4 cm³/mol. The number of anilines is 2. The van der Waals surface area contributed by atoms with E-state index in [-0.39, 0.29) is 6.04 Å². The van der Waals surface area contributed by atoms with Crippen LogP contribution in [-0.2, 0) is 6.54 Å². The summed E-state index contributed by atoms with van der Waals surface area (Å²) < 4.78 is 2.67. The van der Waals surface area contributed by atoms with Crippen LogP contribution in [0, 0.1) is 11.3 Å². The fraction of sp³-hybridized carbons (Fsp3) is 0.286. The first-order valence-electron chi connectivity index (χ1n) is 6.28. The maximum Gasteiger partial charge on any atom is 0.168 e. The summed E-state index contributed by atoms with van der Waals surface area (Å²) in [7, 11) is 0. The first kappa shape index (κ1) is 14.4. The van der Waals surface area contributed by atoms with Crippen LogP contribution in [0.4, 0.5) is 11.6 Å². The lowest BCUT2D eigenvalue weighted by Crippen LogP contribution is -2.11. The average molecular weight is 334 g/mol. The number of halogens is 1. The number of benzene rings is 1. The molecule has 0 saturated carbocycles. The van der Waals surface area contributed by atoms with Gasteiger partial charge in [0.1, 0.15) is 17.5 Å². The number of hydrogen-bond donors (Lipinski definition) is 2. The molecule has 2 rings (SSSR count). The molecule has 0 fully saturated rings. The third-order valence-electron chi connectivity index (χ3n) is 2.77.